The Morgan fingerprint density at radius 3 is 2.95 bits per heavy atom. The van der Waals surface area contributed by atoms with Crippen molar-refractivity contribution in [1.29, 1.82) is 5.26 Å². The lowest BCUT2D eigenvalue weighted by molar-refractivity contribution is -0.112. The van der Waals surface area contributed by atoms with E-state index >= 15 is 0 Å². The molecule has 0 radical (unpaired) electrons. The van der Waals surface area contributed by atoms with Gasteiger partial charge in [0.15, 0.2) is 0 Å². The molecule has 2 rings (SSSR count). The molecule has 116 valence electrons. The fourth-order valence-corrected chi connectivity index (χ4v) is 2.87. The van der Waals surface area contributed by atoms with Crippen molar-refractivity contribution < 1.29 is 4.79 Å². The zero-order valence-corrected chi connectivity index (χ0v) is 13.4. The molecule has 0 spiro atoms. The van der Waals surface area contributed by atoms with Gasteiger partial charge in [-0.2, -0.15) is 5.26 Å². The fourth-order valence-electron chi connectivity index (χ4n) is 2.69. The predicted octanol–water partition coefficient (Wildman–Crippen LogP) is 3.95. The second kappa shape index (κ2) is 7.86. The number of amides is 1. The first-order valence-electron chi connectivity index (χ1n) is 7.59. The number of nitriles is 1. The number of carbonyl (C=O) groups excluding carboxylic acids is 1. The standard InChI is InChI=1S/C17H20ClN3O/c1-2-14-7-5-6-10-21(14)12-13(11-19)17(22)20-16-9-4-3-8-15(16)18/h3-4,8-9,12,14H,2,5-7,10H2,1H3,(H,20,22)/b13-12-. The summed E-state index contributed by atoms with van der Waals surface area (Å²) >= 11 is 6.03. The van der Waals surface area contributed by atoms with Crippen molar-refractivity contribution in [2.45, 2.75) is 38.6 Å². The summed E-state index contributed by atoms with van der Waals surface area (Å²) in [4.78, 5) is 14.4. The van der Waals surface area contributed by atoms with E-state index in [2.05, 4.69) is 17.1 Å². The zero-order valence-electron chi connectivity index (χ0n) is 12.7. The maximum absolute atomic E-state index is 12.3. The van der Waals surface area contributed by atoms with Crippen LogP contribution in [0.25, 0.3) is 0 Å². The molecule has 1 saturated heterocycles. The van der Waals surface area contributed by atoms with Crippen LogP contribution in [0, 0.1) is 11.3 Å². The van der Waals surface area contributed by atoms with Gasteiger partial charge < -0.3 is 10.2 Å². The van der Waals surface area contributed by atoms with Crippen molar-refractivity contribution in [1.82, 2.24) is 4.90 Å². The molecule has 5 heteroatoms. The van der Waals surface area contributed by atoms with Gasteiger partial charge in [0.05, 0.1) is 10.7 Å². The van der Waals surface area contributed by atoms with Crippen molar-refractivity contribution >= 4 is 23.2 Å². The number of piperidine rings is 1. The van der Waals surface area contributed by atoms with Gasteiger partial charge in [0, 0.05) is 18.8 Å². The second-order valence-corrected chi connectivity index (χ2v) is 5.79. The Morgan fingerprint density at radius 1 is 1.50 bits per heavy atom. The molecular formula is C17H20ClN3O. The van der Waals surface area contributed by atoms with Crippen LogP contribution in [0.4, 0.5) is 5.69 Å². The number of para-hydroxylation sites is 1. The maximum Gasteiger partial charge on any atom is 0.267 e. The molecule has 1 aromatic carbocycles. The van der Waals surface area contributed by atoms with Gasteiger partial charge in [-0.15, -0.1) is 0 Å². The van der Waals surface area contributed by atoms with E-state index in [9.17, 15) is 10.1 Å². The number of carbonyl (C=O) groups is 1. The Morgan fingerprint density at radius 2 is 2.27 bits per heavy atom. The largest absolute Gasteiger partial charge is 0.373 e. The van der Waals surface area contributed by atoms with Gasteiger partial charge in [0.1, 0.15) is 11.6 Å². The van der Waals surface area contributed by atoms with Crippen LogP contribution in [0.3, 0.4) is 0 Å². The molecule has 4 nitrogen and oxygen atoms in total. The molecule has 0 aromatic heterocycles. The lowest BCUT2D eigenvalue weighted by Gasteiger charge is -2.34. The molecule has 22 heavy (non-hydrogen) atoms. The molecule has 1 fully saturated rings. The van der Waals surface area contributed by atoms with E-state index in [0.29, 0.717) is 16.8 Å². The van der Waals surface area contributed by atoms with Gasteiger partial charge in [-0.1, -0.05) is 30.7 Å². The van der Waals surface area contributed by atoms with Crippen LogP contribution in [-0.4, -0.2) is 23.4 Å². The van der Waals surface area contributed by atoms with Crippen LogP contribution in [0.1, 0.15) is 32.6 Å². The first kappa shape index (κ1) is 16.4. The number of likely N-dealkylation sites (tertiary alicyclic amines) is 1. The smallest absolute Gasteiger partial charge is 0.267 e. The number of nitrogens with one attached hydrogen (secondary N) is 1. The lowest BCUT2D eigenvalue weighted by Crippen LogP contribution is -2.35. The molecule has 0 aliphatic carbocycles. The van der Waals surface area contributed by atoms with Crippen LogP contribution in [0.5, 0.6) is 0 Å². The molecule has 1 atom stereocenters. The molecule has 1 unspecified atom stereocenters. The lowest BCUT2D eigenvalue weighted by atomic mass is 10.0. The molecule has 1 aliphatic heterocycles. The molecular weight excluding hydrogens is 298 g/mol. The predicted molar refractivity (Wildman–Crippen MR) is 88.4 cm³/mol. The minimum absolute atomic E-state index is 0.111. The second-order valence-electron chi connectivity index (χ2n) is 5.38. The number of benzene rings is 1. The number of hydrogen-bond donors (Lipinski definition) is 1. The van der Waals surface area contributed by atoms with E-state index in [4.69, 9.17) is 11.6 Å². The van der Waals surface area contributed by atoms with Gasteiger partial charge in [-0.3, -0.25) is 4.79 Å². The van der Waals surface area contributed by atoms with E-state index in [1.165, 1.54) is 6.42 Å². The Bertz CT molecular complexity index is 606. The van der Waals surface area contributed by atoms with Crippen molar-refractivity contribution in [3.8, 4) is 6.07 Å². The SMILES string of the molecule is CCC1CCCCN1/C=C(/C#N)C(=O)Nc1ccccc1Cl. The quantitative estimate of drug-likeness (QED) is 0.675. The van der Waals surface area contributed by atoms with Crippen LogP contribution in [0.2, 0.25) is 5.02 Å². The average Bonchev–Trinajstić information content (AvgIpc) is 2.55. The highest BCUT2D eigenvalue weighted by molar-refractivity contribution is 6.33. The van der Waals surface area contributed by atoms with Crippen LogP contribution in [-0.2, 0) is 4.79 Å². The molecule has 1 aliphatic rings. The molecule has 1 amide bonds. The zero-order chi connectivity index (χ0) is 15.9. The van der Waals surface area contributed by atoms with Crippen LogP contribution in [0.15, 0.2) is 36.0 Å². The highest BCUT2D eigenvalue weighted by atomic mass is 35.5. The normalized spacial score (nSPS) is 18.7. The van der Waals surface area contributed by atoms with E-state index in [1.54, 1.807) is 30.5 Å². The molecule has 1 N–H and O–H groups in total. The summed E-state index contributed by atoms with van der Waals surface area (Å²) in [6.45, 7) is 3.02. The topological polar surface area (TPSA) is 56.1 Å². The third-order valence-corrected chi connectivity index (χ3v) is 4.26. The number of halogens is 1. The Labute approximate surface area is 136 Å². The summed E-state index contributed by atoms with van der Waals surface area (Å²) < 4.78 is 0. The van der Waals surface area contributed by atoms with E-state index < -0.39 is 5.91 Å². The summed E-state index contributed by atoms with van der Waals surface area (Å²) in [6.07, 6.45) is 6.12. The van der Waals surface area contributed by atoms with Gasteiger partial charge in [-0.05, 0) is 37.8 Å². The molecule has 0 bridgehead atoms. The monoisotopic (exact) mass is 317 g/mol. The van der Waals surface area contributed by atoms with Crippen molar-refractivity contribution in [3.63, 3.8) is 0 Å². The van der Waals surface area contributed by atoms with Crippen molar-refractivity contribution in [2.24, 2.45) is 0 Å². The highest BCUT2D eigenvalue weighted by Gasteiger charge is 2.20. The third kappa shape index (κ3) is 4.02. The van der Waals surface area contributed by atoms with E-state index in [-0.39, 0.29) is 5.57 Å². The van der Waals surface area contributed by atoms with E-state index in [0.717, 1.165) is 25.8 Å². The van der Waals surface area contributed by atoms with Gasteiger partial charge >= 0.3 is 0 Å². The number of rotatable bonds is 4. The average molecular weight is 318 g/mol. The minimum atomic E-state index is -0.420. The van der Waals surface area contributed by atoms with Gasteiger partial charge in [0.2, 0.25) is 0 Å². The summed E-state index contributed by atoms with van der Waals surface area (Å²) in [6, 6.07) is 9.39. The number of hydrogen-bond acceptors (Lipinski definition) is 3. The summed E-state index contributed by atoms with van der Waals surface area (Å²) in [5.41, 5.74) is 0.626. The third-order valence-electron chi connectivity index (χ3n) is 3.93. The fraction of sp³-hybridized carbons (Fsp3) is 0.412. The van der Waals surface area contributed by atoms with Crippen molar-refractivity contribution in [2.75, 3.05) is 11.9 Å². The first-order chi connectivity index (χ1) is 10.7. The highest BCUT2D eigenvalue weighted by Crippen LogP contribution is 2.23. The van der Waals surface area contributed by atoms with Gasteiger partial charge in [0.25, 0.3) is 5.91 Å². The molecule has 1 heterocycles. The molecule has 1 aromatic rings. The Balaban J connectivity index is 2.13. The van der Waals surface area contributed by atoms with Crippen LogP contribution >= 0.6 is 11.6 Å². The number of nitrogens with zero attached hydrogens (tertiary/aromatic N) is 2. The summed E-state index contributed by atoms with van der Waals surface area (Å²) in [5.74, 6) is -0.420. The van der Waals surface area contributed by atoms with Crippen LogP contribution < -0.4 is 5.32 Å². The van der Waals surface area contributed by atoms with Crippen molar-refractivity contribution in [3.05, 3.63) is 41.1 Å². The Kier molecular flexibility index (Phi) is 5.85. The molecule has 0 saturated carbocycles. The first-order valence-corrected chi connectivity index (χ1v) is 7.97. The summed E-state index contributed by atoms with van der Waals surface area (Å²) in [5, 5.41) is 12.4. The Hall–Kier alpha value is -1.99. The van der Waals surface area contributed by atoms with E-state index in [1.807, 2.05) is 6.07 Å². The summed E-state index contributed by atoms with van der Waals surface area (Å²) in [7, 11) is 0. The number of anilines is 1. The minimum Gasteiger partial charge on any atom is -0.373 e. The van der Waals surface area contributed by atoms with Gasteiger partial charge in [-0.25, -0.2) is 0 Å². The maximum atomic E-state index is 12.3.